The molecule has 25 heavy (non-hydrogen) atoms. The second-order valence-electron chi connectivity index (χ2n) is 7.07. The van der Waals surface area contributed by atoms with Crippen molar-refractivity contribution in [3.8, 4) is 0 Å². The van der Waals surface area contributed by atoms with Crippen LogP contribution in [0.15, 0.2) is 18.2 Å². The minimum absolute atomic E-state index is 0.233. The number of carbonyl (C=O) groups excluding carboxylic acids is 1. The van der Waals surface area contributed by atoms with Crippen LogP contribution in [0.2, 0.25) is 0 Å². The molecule has 136 valence electrons. The Balaban J connectivity index is 1.70. The van der Waals surface area contributed by atoms with Gasteiger partial charge in [0.2, 0.25) is 0 Å². The molecule has 1 aromatic carbocycles. The molecule has 2 saturated heterocycles. The summed E-state index contributed by atoms with van der Waals surface area (Å²) in [6.07, 6.45) is 0.475. The number of hydrogen-bond acceptors (Lipinski definition) is 4. The van der Waals surface area contributed by atoms with E-state index in [1.54, 1.807) is 11.8 Å². The van der Waals surface area contributed by atoms with Gasteiger partial charge >= 0.3 is 12.0 Å². The first-order chi connectivity index (χ1) is 11.9. The van der Waals surface area contributed by atoms with Gasteiger partial charge in [-0.25, -0.2) is 4.79 Å². The van der Waals surface area contributed by atoms with Crippen molar-refractivity contribution in [3.05, 3.63) is 23.8 Å². The number of ether oxygens (including phenoxy) is 1. The van der Waals surface area contributed by atoms with Crippen molar-refractivity contribution in [2.45, 2.75) is 20.3 Å². The fraction of sp³-hybridized carbons (Fsp3) is 0.556. The number of aliphatic carboxylic acids is 1. The number of likely N-dealkylation sites (tertiary alicyclic amines) is 1. The van der Waals surface area contributed by atoms with Crippen LogP contribution in [0, 0.1) is 12.3 Å². The summed E-state index contributed by atoms with van der Waals surface area (Å²) in [5.41, 5.74) is 1.94. The van der Waals surface area contributed by atoms with Crippen LogP contribution >= 0.6 is 0 Å². The number of nitrogens with one attached hydrogen (secondary N) is 1. The molecule has 3 rings (SSSR count). The number of anilines is 2. The van der Waals surface area contributed by atoms with Crippen LogP contribution in [-0.4, -0.2) is 61.4 Å². The third-order valence-electron chi connectivity index (χ3n) is 5.12. The number of urea groups is 1. The molecule has 7 heteroatoms. The summed E-state index contributed by atoms with van der Waals surface area (Å²) < 4.78 is 5.38. The fourth-order valence-electron chi connectivity index (χ4n) is 3.27. The smallest absolute Gasteiger partial charge is 0.321 e. The van der Waals surface area contributed by atoms with Crippen molar-refractivity contribution >= 4 is 23.4 Å². The molecule has 0 spiro atoms. The molecule has 2 heterocycles. The van der Waals surface area contributed by atoms with Gasteiger partial charge in [0.05, 0.1) is 18.6 Å². The van der Waals surface area contributed by atoms with Crippen LogP contribution in [0.5, 0.6) is 0 Å². The summed E-state index contributed by atoms with van der Waals surface area (Å²) in [6, 6.07) is 5.77. The molecule has 1 aromatic rings. The lowest BCUT2D eigenvalue weighted by molar-refractivity contribution is -0.146. The largest absolute Gasteiger partial charge is 0.481 e. The molecule has 2 amide bonds. The number of rotatable bonds is 3. The zero-order chi connectivity index (χ0) is 18.0. The third kappa shape index (κ3) is 3.71. The molecule has 0 saturated carbocycles. The SMILES string of the molecule is Cc1ccc(N2CCOCC2)cc1NC(=O)N1CCC(C)(C(=O)O)C1. The van der Waals surface area contributed by atoms with Gasteiger partial charge in [-0.05, 0) is 38.0 Å². The molecular weight excluding hydrogens is 322 g/mol. The quantitative estimate of drug-likeness (QED) is 0.876. The number of morpholine rings is 1. The lowest BCUT2D eigenvalue weighted by atomic mass is 9.90. The summed E-state index contributed by atoms with van der Waals surface area (Å²) in [5, 5.41) is 12.3. The molecule has 1 unspecified atom stereocenters. The second-order valence-corrected chi connectivity index (χ2v) is 7.07. The minimum atomic E-state index is -0.859. The topological polar surface area (TPSA) is 82.1 Å². The van der Waals surface area contributed by atoms with E-state index in [-0.39, 0.29) is 12.6 Å². The number of hydrogen-bond donors (Lipinski definition) is 2. The lowest BCUT2D eigenvalue weighted by Gasteiger charge is -2.29. The molecule has 0 bridgehead atoms. The van der Waals surface area contributed by atoms with Gasteiger partial charge in [-0.1, -0.05) is 6.07 Å². The third-order valence-corrected chi connectivity index (χ3v) is 5.12. The van der Waals surface area contributed by atoms with E-state index in [0.29, 0.717) is 26.2 Å². The monoisotopic (exact) mass is 347 g/mol. The average Bonchev–Trinajstić information content (AvgIpc) is 3.02. The predicted octanol–water partition coefficient (Wildman–Crippen LogP) is 2.16. The molecule has 0 radical (unpaired) electrons. The number of carboxylic acids is 1. The Morgan fingerprint density at radius 1 is 1.24 bits per heavy atom. The van der Waals surface area contributed by atoms with E-state index >= 15 is 0 Å². The molecule has 0 aliphatic carbocycles. The molecular formula is C18H25N3O4. The van der Waals surface area contributed by atoms with Gasteiger partial charge in [0.1, 0.15) is 0 Å². The zero-order valence-electron chi connectivity index (χ0n) is 14.7. The van der Waals surface area contributed by atoms with Crippen molar-refractivity contribution in [1.82, 2.24) is 4.90 Å². The maximum absolute atomic E-state index is 12.6. The first kappa shape index (κ1) is 17.5. The van der Waals surface area contributed by atoms with E-state index in [0.717, 1.165) is 30.0 Å². The highest BCUT2D eigenvalue weighted by Crippen LogP contribution is 2.31. The molecule has 0 aromatic heterocycles. The van der Waals surface area contributed by atoms with Crippen LogP contribution in [0.25, 0.3) is 0 Å². The Morgan fingerprint density at radius 3 is 2.60 bits per heavy atom. The van der Waals surface area contributed by atoms with Gasteiger partial charge in [0.25, 0.3) is 0 Å². The molecule has 2 aliphatic heterocycles. The maximum atomic E-state index is 12.6. The first-order valence-corrected chi connectivity index (χ1v) is 8.62. The number of amides is 2. The second kappa shape index (κ2) is 6.92. The van der Waals surface area contributed by atoms with Gasteiger partial charge in [-0.3, -0.25) is 4.79 Å². The lowest BCUT2D eigenvalue weighted by Crippen LogP contribution is -2.37. The summed E-state index contributed by atoms with van der Waals surface area (Å²) in [4.78, 5) is 27.7. The standard InChI is InChI=1S/C18H25N3O4/c1-13-3-4-14(20-7-9-25-10-8-20)11-15(13)19-17(24)21-6-5-18(2,12-21)16(22)23/h3-4,11H,5-10,12H2,1-2H3,(H,19,24)(H,22,23). The summed E-state index contributed by atoms with van der Waals surface area (Å²) in [5.74, 6) is -0.853. The molecule has 2 aliphatic rings. The van der Waals surface area contributed by atoms with Crippen molar-refractivity contribution < 1.29 is 19.4 Å². The van der Waals surface area contributed by atoms with Crippen LogP contribution in [-0.2, 0) is 9.53 Å². The number of benzene rings is 1. The minimum Gasteiger partial charge on any atom is -0.481 e. The van der Waals surface area contributed by atoms with E-state index in [1.165, 1.54) is 0 Å². The van der Waals surface area contributed by atoms with Gasteiger partial charge < -0.3 is 25.0 Å². The maximum Gasteiger partial charge on any atom is 0.321 e. The van der Waals surface area contributed by atoms with E-state index in [9.17, 15) is 14.7 Å². The van der Waals surface area contributed by atoms with Gasteiger partial charge in [0.15, 0.2) is 0 Å². The summed E-state index contributed by atoms with van der Waals surface area (Å²) >= 11 is 0. The summed E-state index contributed by atoms with van der Waals surface area (Å²) in [6.45, 7) is 7.40. The number of nitrogens with zero attached hydrogens (tertiary/aromatic N) is 2. The van der Waals surface area contributed by atoms with Crippen LogP contribution in [0.4, 0.5) is 16.2 Å². The number of carboxylic acid groups (broad SMARTS) is 1. The van der Waals surface area contributed by atoms with Crippen molar-refractivity contribution in [2.24, 2.45) is 5.41 Å². The first-order valence-electron chi connectivity index (χ1n) is 8.62. The van der Waals surface area contributed by atoms with Crippen molar-refractivity contribution in [2.75, 3.05) is 49.6 Å². The highest BCUT2D eigenvalue weighted by Gasteiger charge is 2.42. The Kier molecular flexibility index (Phi) is 4.85. The highest BCUT2D eigenvalue weighted by molar-refractivity contribution is 5.91. The van der Waals surface area contributed by atoms with Gasteiger partial charge in [-0.2, -0.15) is 0 Å². The van der Waals surface area contributed by atoms with Crippen LogP contribution < -0.4 is 10.2 Å². The zero-order valence-corrected chi connectivity index (χ0v) is 14.7. The van der Waals surface area contributed by atoms with Crippen molar-refractivity contribution in [1.29, 1.82) is 0 Å². The molecule has 2 N–H and O–H groups in total. The molecule has 1 atom stereocenters. The van der Waals surface area contributed by atoms with Crippen LogP contribution in [0.3, 0.4) is 0 Å². The Labute approximate surface area is 147 Å². The number of aryl methyl sites for hydroxylation is 1. The molecule has 2 fully saturated rings. The normalized spacial score (nSPS) is 23.6. The van der Waals surface area contributed by atoms with E-state index in [1.807, 2.05) is 25.1 Å². The highest BCUT2D eigenvalue weighted by atomic mass is 16.5. The summed E-state index contributed by atoms with van der Waals surface area (Å²) in [7, 11) is 0. The Hall–Kier alpha value is -2.28. The Bertz CT molecular complexity index is 672. The number of carbonyl (C=O) groups is 2. The van der Waals surface area contributed by atoms with Crippen molar-refractivity contribution in [3.63, 3.8) is 0 Å². The van der Waals surface area contributed by atoms with Gasteiger partial charge in [0, 0.05) is 37.6 Å². The van der Waals surface area contributed by atoms with E-state index in [2.05, 4.69) is 10.2 Å². The molecule has 7 nitrogen and oxygen atoms in total. The van der Waals surface area contributed by atoms with Gasteiger partial charge in [-0.15, -0.1) is 0 Å². The van der Waals surface area contributed by atoms with Crippen LogP contribution in [0.1, 0.15) is 18.9 Å². The fourth-order valence-corrected chi connectivity index (χ4v) is 3.27. The Morgan fingerprint density at radius 2 is 1.96 bits per heavy atom. The van der Waals surface area contributed by atoms with E-state index < -0.39 is 11.4 Å². The predicted molar refractivity (Wildman–Crippen MR) is 95.2 cm³/mol. The average molecular weight is 347 g/mol. The van der Waals surface area contributed by atoms with E-state index in [4.69, 9.17) is 4.74 Å².